The maximum atomic E-state index is 10.9. The lowest BCUT2D eigenvalue weighted by atomic mass is 10.2. The van der Waals surface area contributed by atoms with E-state index in [0.29, 0.717) is 0 Å². The molecular weight excluding hydrogens is 308 g/mol. The van der Waals surface area contributed by atoms with Crippen LogP contribution in [0.2, 0.25) is 0 Å². The van der Waals surface area contributed by atoms with Gasteiger partial charge in [-0.2, -0.15) is 0 Å². The first-order chi connectivity index (χ1) is 12.3. The zero-order valence-electron chi connectivity index (χ0n) is 15.9. The number of methoxy groups -OCH3 is 1. The lowest BCUT2D eigenvalue weighted by molar-refractivity contribution is -0.134. The molecule has 0 spiro atoms. The number of carbonyl (C=O) groups excluding carboxylic acids is 1. The fourth-order valence-corrected chi connectivity index (χ4v) is 1.97. The third kappa shape index (κ3) is 19.9. The maximum Gasteiger partial charge on any atom is 0.330 e. The van der Waals surface area contributed by atoms with Crippen LogP contribution in [0.4, 0.5) is 0 Å². The average molecular weight is 343 g/mol. The molecule has 0 aliphatic rings. The number of unbranched alkanes of at least 4 members (excludes halogenated alkanes) is 2. The Morgan fingerprint density at radius 2 is 1.12 bits per heavy atom. The van der Waals surface area contributed by atoms with E-state index in [1.807, 2.05) is 6.08 Å². The molecule has 0 rings (SSSR count). The van der Waals surface area contributed by atoms with Gasteiger partial charge in [0.2, 0.25) is 0 Å². The number of rotatable bonds is 14. The zero-order valence-corrected chi connectivity index (χ0v) is 15.9. The monoisotopic (exact) mass is 342 g/mol. The van der Waals surface area contributed by atoms with Crippen molar-refractivity contribution in [3.8, 4) is 0 Å². The van der Waals surface area contributed by atoms with Gasteiger partial charge in [0, 0.05) is 6.08 Å². The zero-order chi connectivity index (χ0) is 18.4. The van der Waals surface area contributed by atoms with Crippen LogP contribution >= 0.6 is 0 Å². The summed E-state index contributed by atoms with van der Waals surface area (Å²) >= 11 is 0. The Labute approximate surface area is 154 Å². The predicted molar refractivity (Wildman–Crippen MR) is 109 cm³/mol. The van der Waals surface area contributed by atoms with Crippen molar-refractivity contribution < 1.29 is 9.53 Å². The van der Waals surface area contributed by atoms with Crippen LogP contribution in [0.15, 0.2) is 72.9 Å². The second-order valence-corrected chi connectivity index (χ2v) is 5.56. The van der Waals surface area contributed by atoms with Gasteiger partial charge in [0.05, 0.1) is 7.11 Å². The Kier molecular flexibility index (Phi) is 18.3. The predicted octanol–water partition coefficient (Wildman–Crippen LogP) is 6.64. The molecule has 25 heavy (non-hydrogen) atoms. The normalized spacial score (nSPS) is 12.9. The van der Waals surface area contributed by atoms with Gasteiger partial charge >= 0.3 is 5.97 Å². The molecule has 0 amide bonds. The second-order valence-electron chi connectivity index (χ2n) is 5.56. The summed E-state index contributed by atoms with van der Waals surface area (Å²) in [5.41, 5.74) is 0. The lowest BCUT2D eigenvalue weighted by Gasteiger charge is -1.91. The van der Waals surface area contributed by atoms with Gasteiger partial charge in [-0.3, -0.25) is 0 Å². The molecular formula is C23H34O2. The standard InChI is InChI=1S/C23H34O2/c1-3-4-5-6-7-8-9-10-11-12-13-14-15-16-17-18-19-20-21-22-23(24)25-2/h4-5,7-8,10-11,13-14,16-17,21-22H,3,6,9,12,15,18-20H2,1-2H3/b5-4-,8-7-,11-10-,14-13-,17-16-,22-21+. The summed E-state index contributed by atoms with van der Waals surface area (Å²) in [6, 6.07) is 0. The fraction of sp³-hybridized carbons (Fsp3) is 0.435. The highest BCUT2D eigenvalue weighted by Crippen LogP contribution is 2.00. The van der Waals surface area contributed by atoms with Gasteiger partial charge in [-0.05, 0) is 51.4 Å². The molecule has 0 aliphatic carbocycles. The molecule has 0 bridgehead atoms. The first-order valence-corrected chi connectivity index (χ1v) is 9.30. The molecule has 2 heteroatoms. The van der Waals surface area contributed by atoms with Gasteiger partial charge in [0.15, 0.2) is 0 Å². The Morgan fingerprint density at radius 3 is 1.60 bits per heavy atom. The molecule has 0 radical (unpaired) electrons. The minimum absolute atomic E-state index is 0.283. The van der Waals surface area contributed by atoms with Crippen molar-refractivity contribution >= 4 is 5.97 Å². The third-order valence-electron chi connectivity index (χ3n) is 3.35. The molecule has 0 aromatic carbocycles. The largest absolute Gasteiger partial charge is 0.466 e. The van der Waals surface area contributed by atoms with E-state index < -0.39 is 0 Å². The average Bonchev–Trinajstić information content (AvgIpc) is 2.63. The number of hydrogen-bond acceptors (Lipinski definition) is 2. The van der Waals surface area contributed by atoms with Crippen molar-refractivity contribution in [3.05, 3.63) is 72.9 Å². The summed E-state index contributed by atoms with van der Waals surface area (Å²) in [4.78, 5) is 10.9. The van der Waals surface area contributed by atoms with E-state index >= 15 is 0 Å². The van der Waals surface area contributed by atoms with E-state index in [4.69, 9.17) is 0 Å². The molecule has 0 atom stereocenters. The van der Waals surface area contributed by atoms with Gasteiger partial charge in [-0.25, -0.2) is 4.79 Å². The topological polar surface area (TPSA) is 26.3 Å². The van der Waals surface area contributed by atoms with E-state index in [0.717, 1.165) is 51.4 Å². The van der Waals surface area contributed by atoms with E-state index in [2.05, 4.69) is 72.4 Å². The van der Waals surface area contributed by atoms with Crippen LogP contribution in [0.25, 0.3) is 0 Å². The highest BCUT2D eigenvalue weighted by Gasteiger charge is 1.88. The highest BCUT2D eigenvalue weighted by molar-refractivity contribution is 5.81. The third-order valence-corrected chi connectivity index (χ3v) is 3.35. The number of hydrogen-bond donors (Lipinski definition) is 0. The van der Waals surface area contributed by atoms with Crippen LogP contribution in [0.5, 0.6) is 0 Å². The molecule has 138 valence electrons. The van der Waals surface area contributed by atoms with Crippen molar-refractivity contribution in [2.24, 2.45) is 0 Å². The van der Waals surface area contributed by atoms with E-state index in [1.165, 1.54) is 13.2 Å². The SMILES string of the molecule is CC/C=C\C/C=C\C/C=C\C/C=C\C/C=C\CCC/C=C/C(=O)OC. The maximum absolute atomic E-state index is 10.9. The van der Waals surface area contributed by atoms with Gasteiger partial charge in [-0.15, -0.1) is 0 Å². The van der Waals surface area contributed by atoms with Crippen molar-refractivity contribution in [2.45, 2.75) is 58.3 Å². The highest BCUT2D eigenvalue weighted by atomic mass is 16.5. The first kappa shape index (κ1) is 22.9. The van der Waals surface area contributed by atoms with Crippen LogP contribution in [-0.2, 0) is 9.53 Å². The van der Waals surface area contributed by atoms with E-state index in [1.54, 1.807) is 0 Å². The van der Waals surface area contributed by atoms with E-state index in [-0.39, 0.29) is 5.97 Å². The molecule has 2 nitrogen and oxygen atoms in total. The summed E-state index contributed by atoms with van der Waals surface area (Å²) in [5, 5.41) is 0. The van der Waals surface area contributed by atoms with Crippen LogP contribution in [0.3, 0.4) is 0 Å². The van der Waals surface area contributed by atoms with Crippen molar-refractivity contribution in [1.29, 1.82) is 0 Å². The molecule has 0 aromatic rings. The molecule has 0 unspecified atom stereocenters. The number of esters is 1. The smallest absolute Gasteiger partial charge is 0.330 e. The molecule has 0 saturated heterocycles. The molecule has 0 aliphatic heterocycles. The minimum atomic E-state index is -0.283. The van der Waals surface area contributed by atoms with Crippen molar-refractivity contribution in [3.63, 3.8) is 0 Å². The Morgan fingerprint density at radius 1 is 0.680 bits per heavy atom. The van der Waals surface area contributed by atoms with Crippen molar-refractivity contribution in [2.75, 3.05) is 7.11 Å². The summed E-state index contributed by atoms with van der Waals surface area (Å²) < 4.78 is 4.53. The van der Waals surface area contributed by atoms with Gasteiger partial charge in [0.1, 0.15) is 0 Å². The first-order valence-electron chi connectivity index (χ1n) is 9.30. The van der Waals surface area contributed by atoms with Crippen LogP contribution in [0, 0.1) is 0 Å². The summed E-state index contributed by atoms with van der Waals surface area (Å²) in [7, 11) is 1.39. The number of carbonyl (C=O) groups is 1. The quantitative estimate of drug-likeness (QED) is 0.153. The van der Waals surface area contributed by atoms with E-state index in [9.17, 15) is 4.79 Å². The van der Waals surface area contributed by atoms with Gasteiger partial charge < -0.3 is 4.74 Å². The Balaban J connectivity index is 3.50. The van der Waals surface area contributed by atoms with Crippen LogP contribution < -0.4 is 0 Å². The van der Waals surface area contributed by atoms with Crippen molar-refractivity contribution in [1.82, 2.24) is 0 Å². The Hall–Kier alpha value is -2.09. The number of allylic oxidation sites excluding steroid dienone is 11. The lowest BCUT2D eigenvalue weighted by Crippen LogP contribution is -1.93. The second kappa shape index (κ2) is 20.0. The molecule has 0 saturated carbocycles. The molecule has 0 heterocycles. The van der Waals surface area contributed by atoms with Crippen LogP contribution in [-0.4, -0.2) is 13.1 Å². The molecule has 0 N–H and O–H groups in total. The summed E-state index contributed by atoms with van der Waals surface area (Å²) in [6.45, 7) is 2.15. The fourth-order valence-electron chi connectivity index (χ4n) is 1.97. The van der Waals surface area contributed by atoms with Crippen LogP contribution in [0.1, 0.15) is 58.3 Å². The Bertz CT molecular complexity index is 476. The molecule has 0 fully saturated rings. The number of ether oxygens (including phenoxy) is 1. The minimum Gasteiger partial charge on any atom is -0.466 e. The summed E-state index contributed by atoms with van der Waals surface area (Å²) in [5.74, 6) is -0.283. The summed E-state index contributed by atoms with van der Waals surface area (Å²) in [6.07, 6.45) is 33.5. The van der Waals surface area contributed by atoms with Gasteiger partial charge in [0.25, 0.3) is 0 Å². The van der Waals surface area contributed by atoms with Gasteiger partial charge in [-0.1, -0.05) is 73.8 Å². The molecule has 0 aromatic heterocycles.